The summed E-state index contributed by atoms with van der Waals surface area (Å²) in [5.41, 5.74) is 3.29. The Morgan fingerprint density at radius 2 is 2.24 bits per heavy atom. The highest BCUT2D eigenvalue weighted by Crippen LogP contribution is 2.37. The fourth-order valence-corrected chi connectivity index (χ4v) is 4.28. The molecule has 0 amide bonds. The SMILES string of the molecule is COCCCC1CN(C2=Nc3ccccc3Nc3sccc32)CCN1. The van der Waals surface area contributed by atoms with Crippen LogP contribution < -0.4 is 10.6 Å². The Labute approximate surface area is 152 Å². The Balaban J connectivity index is 1.61. The first-order chi connectivity index (χ1) is 12.3. The summed E-state index contributed by atoms with van der Waals surface area (Å²) in [6.45, 7) is 3.79. The number of hydrogen-bond acceptors (Lipinski definition) is 6. The molecule has 0 spiro atoms. The molecule has 0 bridgehead atoms. The lowest BCUT2D eigenvalue weighted by Crippen LogP contribution is -2.52. The number of anilines is 2. The number of thiophene rings is 1. The smallest absolute Gasteiger partial charge is 0.139 e. The summed E-state index contributed by atoms with van der Waals surface area (Å²) >= 11 is 1.74. The summed E-state index contributed by atoms with van der Waals surface area (Å²) in [5.74, 6) is 1.09. The number of methoxy groups -OCH3 is 1. The van der Waals surface area contributed by atoms with Crippen LogP contribution in [-0.2, 0) is 4.74 Å². The lowest BCUT2D eigenvalue weighted by Gasteiger charge is -2.35. The molecule has 1 unspecified atom stereocenters. The predicted molar refractivity (Wildman–Crippen MR) is 105 cm³/mol. The molecule has 4 rings (SSSR count). The van der Waals surface area contributed by atoms with Gasteiger partial charge in [-0.15, -0.1) is 11.3 Å². The van der Waals surface area contributed by atoms with E-state index in [0.29, 0.717) is 6.04 Å². The van der Waals surface area contributed by atoms with Crippen LogP contribution in [0.15, 0.2) is 40.7 Å². The van der Waals surface area contributed by atoms with Crippen molar-refractivity contribution in [3.8, 4) is 0 Å². The normalized spacial score (nSPS) is 19.5. The number of hydrogen-bond donors (Lipinski definition) is 2. The van der Waals surface area contributed by atoms with Gasteiger partial charge in [0.1, 0.15) is 10.8 Å². The summed E-state index contributed by atoms with van der Waals surface area (Å²) in [6.07, 6.45) is 2.21. The first-order valence-electron chi connectivity index (χ1n) is 8.85. The molecule has 2 aromatic rings. The fourth-order valence-electron chi connectivity index (χ4n) is 3.48. The highest BCUT2D eigenvalue weighted by atomic mass is 32.1. The zero-order valence-corrected chi connectivity index (χ0v) is 15.3. The Hall–Kier alpha value is -1.89. The van der Waals surface area contributed by atoms with E-state index in [1.54, 1.807) is 18.4 Å². The number of aliphatic imine (C=N–C) groups is 1. The third kappa shape index (κ3) is 3.56. The van der Waals surface area contributed by atoms with E-state index in [9.17, 15) is 0 Å². The molecule has 0 radical (unpaired) electrons. The minimum absolute atomic E-state index is 0.486. The molecule has 5 nitrogen and oxygen atoms in total. The average Bonchev–Trinajstić information content (AvgIpc) is 3.03. The molecule has 132 valence electrons. The average molecular weight is 356 g/mol. The van der Waals surface area contributed by atoms with Gasteiger partial charge in [-0.1, -0.05) is 12.1 Å². The van der Waals surface area contributed by atoms with E-state index in [-0.39, 0.29) is 0 Å². The number of fused-ring (bicyclic) bond motifs is 2. The largest absolute Gasteiger partial charge is 0.385 e. The van der Waals surface area contributed by atoms with Gasteiger partial charge < -0.3 is 20.3 Å². The zero-order chi connectivity index (χ0) is 17.1. The Morgan fingerprint density at radius 1 is 1.32 bits per heavy atom. The van der Waals surface area contributed by atoms with E-state index >= 15 is 0 Å². The van der Waals surface area contributed by atoms with Gasteiger partial charge in [0.25, 0.3) is 0 Å². The predicted octanol–water partition coefficient (Wildman–Crippen LogP) is 3.58. The lowest BCUT2D eigenvalue weighted by atomic mass is 10.1. The molecule has 2 aliphatic rings. The molecule has 0 aliphatic carbocycles. The topological polar surface area (TPSA) is 48.9 Å². The van der Waals surface area contributed by atoms with Crippen molar-refractivity contribution in [3.05, 3.63) is 41.3 Å². The molecule has 1 aromatic carbocycles. The molecule has 1 fully saturated rings. The molecule has 1 saturated heterocycles. The number of amidine groups is 1. The summed E-state index contributed by atoms with van der Waals surface area (Å²) in [7, 11) is 1.77. The first kappa shape index (κ1) is 16.6. The first-order valence-corrected chi connectivity index (χ1v) is 9.73. The van der Waals surface area contributed by atoms with Crippen LogP contribution in [0.25, 0.3) is 0 Å². The van der Waals surface area contributed by atoms with Crippen LogP contribution in [0.3, 0.4) is 0 Å². The lowest BCUT2D eigenvalue weighted by molar-refractivity contribution is 0.182. The fraction of sp³-hybridized carbons (Fsp3) is 0.421. The molecule has 1 atom stereocenters. The van der Waals surface area contributed by atoms with Crippen LogP contribution in [0.2, 0.25) is 0 Å². The maximum Gasteiger partial charge on any atom is 0.139 e. The molecule has 3 heterocycles. The number of piperazine rings is 1. The Kier molecular flexibility index (Phi) is 5.01. The number of rotatable bonds is 4. The van der Waals surface area contributed by atoms with Gasteiger partial charge in [0.2, 0.25) is 0 Å². The minimum atomic E-state index is 0.486. The van der Waals surface area contributed by atoms with Crippen molar-refractivity contribution in [1.29, 1.82) is 0 Å². The van der Waals surface area contributed by atoms with Crippen molar-refractivity contribution in [3.63, 3.8) is 0 Å². The standard InChI is InChI=1S/C19H24N4OS/c1-24-11-4-5-14-13-23(10-9-20-14)18-15-8-12-25-19(15)22-17-7-3-2-6-16(17)21-18/h2-3,6-8,12,14,20,22H,4-5,9-11,13H2,1H3. The maximum atomic E-state index is 5.20. The summed E-state index contributed by atoms with van der Waals surface area (Å²) in [4.78, 5) is 7.48. The second kappa shape index (κ2) is 7.56. The van der Waals surface area contributed by atoms with E-state index in [4.69, 9.17) is 9.73 Å². The summed E-state index contributed by atoms with van der Waals surface area (Å²) in [6, 6.07) is 10.9. The maximum absolute atomic E-state index is 5.20. The quantitative estimate of drug-likeness (QED) is 0.822. The van der Waals surface area contributed by atoms with E-state index in [1.807, 2.05) is 6.07 Å². The van der Waals surface area contributed by atoms with Crippen molar-refractivity contribution in [2.45, 2.75) is 18.9 Å². The van der Waals surface area contributed by atoms with Gasteiger partial charge >= 0.3 is 0 Å². The minimum Gasteiger partial charge on any atom is -0.385 e. The molecule has 1 aromatic heterocycles. The van der Waals surface area contributed by atoms with Gasteiger partial charge in [0.05, 0.1) is 16.9 Å². The second-order valence-corrected chi connectivity index (χ2v) is 7.39. The van der Waals surface area contributed by atoms with E-state index in [0.717, 1.165) is 56.3 Å². The van der Waals surface area contributed by atoms with Gasteiger partial charge in [-0.3, -0.25) is 0 Å². The van der Waals surface area contributed by atoms with E-state index < -0.39 is 0 Å². The Morgan fingerprint density at radius 3 is 3.16 bits per heavy atom. The number of benzene rings is 1. The van der Waals surface area contributed by atoms with Gasteiger partial charge in [-0.05, 0) is 36.4 Å². The van der Waals surface area contributed by atoms with Gasteiger partial charge in [-0.2, -0.15) is 0 Å². The third-order valence-electron chi connectivity index (χ3n) is 4.74. The summed E-state index contributed by atoms with van der Waals surface area (Å²) < 4.78 is 5.20. The highest BCUT2D eigenvalue weighted by molar-refractivity contribution is 7.14. The van der Waals surface area contributed by atoms with Crippen LogP contribution in [0.5, 0.6) is 0 Å². The molecule has 25 heavy (non-hydrogen) atoms. The number of nitrogens with one attached hydrogen (secondary N) is 2. The third-order valence-corrected chi connectivity index (χ3v) is 5.57. The molecule has 2 N–H and O–H groups in total. The van der Waals surface area contributed by atoms with Crippen LogP contribution >= 0.6 is 11.3 Å². The van der Waals surface area contributed by atoms with Crippen LogP contribution in [0, 0.1) is 0 Å². The van der Waals surface area contributed by atoms with Crippen molar-refractivity contribution >= 4 is 33.5 Å². The van der Waals surface area contributed by atoms with Crippen molar-refractivity contribution in [2.75, 3.05) is 38.7 Å². The van der Waals surface area contributed by atoms with E-state index in [1.165, 1.54) is 10.6 Å². The molecular weight excluding hydrogens is 332 g/mol. The highest BCUT2D eigenvalue weighted by Gasteiger charge is 2.26. The van der Waals surface area contributed by atoms with Crippen LogP contribution in [0.1, 0.15) is 18.4 Å². The summed E-state index contributed by atoms with van der Waals surface area (Å²) in [5, 5.41) is 10.5. The van der Waals surface area contributed by atoms with Crippen LogP contribution in [0.4, 0.5) is 16.4 Å². The second-order valence-electron chi connectivity index (χ2n) is 6.47. The monoisotopic (exact) mass is 356 g/mol. The molecular formula is C19H24N4OS. The molecule has 6 heteroatoms. The Bertz CT molecular complexity index is 757. The van der Waals surface area contributed by atoms with Crippen molar-refractivity contribution in [1.82, 2.24) is 10.2 Å². The number of para-hydroxylation sites is 2. The van der Waals surface area contributed by atoms with Crippen molar-refractivity contribution < 1.29 is 4.74 Å². The van der Waals surface area contributed by atoms with Gasteiger partial charge in [0.15, 0.2) is 0 Å². The zero-order valence-electron chi connectivity index (χ0n) is 14.5. The van der Waals surface area contributed by atoms with E-state index in [2.05, 4.69) is 45.2 Å². The van der Waals surface area contributed by atoms with Crippen LogP contribution in [-0.4, -0.2) is 50.1 Å². The van der Waals surface area contributed by atoms with Gasteiger partial charge in [0, 0.05) is 39.4 Å². The molecule has 0 saturated carbocycles. The van der Waals surface area contributed by atoms with Crippen molar-refractivity contribution in [2.24, 2.45) is 4.99 Å². The number of nitrogens with zero attached hydrogens (tertiary/aromatic N) is 2. The molecule has 2 aliphatic heterocycles. The number of ether oxygens (including phenoxy) is 1. The van der Waals surface area contributed by atoms with Gasteiger partial charge in [-0.25, -0.2) is 4.99 Å².